The second-order valence-electron chi connectivity index (χ2n) is 23.1. The van der Waals surface area contributed by atoms with Gasteiger partial charge in [-0.05, 0) is 157 Å². The molecule has 1 unspecified atom stereocenters. The molecule has 10 nitrogen and oxygen atoms in total. The fourth-order valence-electron chi connectivity index (χ4n) is 14.6. The molecule has 0 bridgehead atoms. The van der Waals surface area contributed by atoms with Crippen molar-refractivity contribution in [2.45, 2.75) is 171 Å². The Morgan fingerprint density at radius 2 is 1.57 bits per heavy atom. The first kappa shape index (κ1) is 44.9. The number of likely N-dealkylation sites (N-methyl/N-ethyl adjacent to an activating group) is 1. The molecule has 5 saturated carbocycles. The molecule has 6 rings (SSSR count). The van der Waals surface area contributed by atoms with Crippen LogP contribution in [0.25, 0.3) is 0 Å². The first-order chi connectivity index (χ1) is 26.7. The number of amides is 2. The Bertz CT molecular complexity index is 1630. The van der Waals surface area contributed by atoms with E-state index in [9.17, 15) is 24.3 Å². The molecule has 0 spiro atoms. The van der Waals surface area contributed by atoms with E-state index in [1.165, 1.54) is 18.4 Å². The smallest absolute Gasteiger partial charge is 0.410 e. The molecule has 0 aromatic carbocycles. The summed E-state index contributed by atoms with van der Waals surface area (Å²) in [6, 6.07) is 0. The van der Waals surface area contributed by atoms with Gasteiger partial charge in [0.2, 0.25) is 5.91 Å². The topological polar surface area (TPSA) is 123 Å². The van der Waals surface area contributed by atoms with Gasteiger partial charge >= 0.3 is 18.0 Å². The fourth-order valence-corrected chi connectivity index (χ4v) is 14.6. The number of carboxylic acids is 1. The highest BCUT2D eigenvalue weighted by Crippen LogP contribution is 2.78. The van der Waals surface area contributed by atoms with Gasteiger partial charge in [-0.15, -0.1) is 0 Å². The van der Waals surface area contributed by atoms with Crippen LogP contribution < -0.4 is 0 Å². The molecular weight excluding hydrogens is 733 g/mol. The lowest BCUT2D eigenvalue weighted by molar-refractivity contribution is -0.250. The van der Waals surface area contributed by atoms with E-state index in [1.807, 2.05) is 32.7 Å². The SMILES string of the molecule is C=C(C)[C@@H]1CC[C@]2(CC(=O)N(C)CC3CN(C(=O)OC(C)(C)C)CCO3)CC[C@]3(C)[C@H](CC[C@@H]4[C@@]5(C)CC[C@H](OC(=O)CC(C)(C)C(=O)O)C(C)(C)[C@@H]5CC[C@]43C)[C@@H]12. The van der Waals surface area contributed by atoms with Crippen LogP contribution in [0.3, 0.4) is 0 Å². The normalized spacial score (nSPS) is 39.6. The molecule has 1 aliphatic heterocycles. The van der Waals surface area contributed by atoms with Crippen LogP contribution in [-0.4, -0.2) is 89.9 Å². The number of fused-ring (bicyclic) bond motifs is 7. The Kier molecular flexibility index (Phi) is 11.9. The van der Waals surface area contributed by atoms with Crippen LogP contribution in [0, 0.1) is 62.1 Å². The van der Waals surface area contributed by atoms with E-state index < -0.39 is 23.0 Å². The van der Waals surface area contributed by atoms with Crippen molar-refractivity contribution in [3.63, 3.8) is 0 Å². The number of esters is 1. The number of carbonyl (C=O) groups excluding carboxylic acids is 3. The van der Waals surface area contributed by atoms with E-state index in [0.717, 1.165) is 51.4 Å². The Labute approximate surface area is 349 Å². The first-order valence-corrected chi connectivity index (χ1v) is 22.6. The number of morpholine rings is 1. The van der Waals surface area contributed by atoms with Crippen molar-refractivity contribution in [2.24, 2.45) is 62.1 Å². The highest BCUT2D eigenvalue weighted by molar-refractivity contribution is 5.81. The van der Waals surface area contributed by atoms with Crippen molar-refractivity contribution in [1.29, 1.82) is 0 Å². The van der Waals surface area contributed by atoms with Gasteiger partial charge < -0.3 is 29.1 Å². The molecular formula is C48H78N2O8. The molecule has 2 amide bonds. The molecule has 6 fully saturated rings. The van der Waals surface area contributed by atoms with E-state index in [1.54, 1.807) is 18.7 Å². The third-order valence-corrected chi connectivity index (χ3v) is 17.8. The minimum atomic E-state index is -1.16. The largest absolute Gasteiger partial charge is 0.481 e. The van der Waals surface area contributed by atoms with Gasteiger partial charge in [0.05, 0.1) is 31.1 Å². The van der Waals surface area contributed by atoms with Gasteiger partial charge in [-0.3, -0.25) is 14.4 Å². The average molecular weight is 811 g/mol. The summed E-state index contributed by atoms with van der Waals surface area (Å²) in [7, 11) is 1.90. The molecule has 0 aromatic rings. The lowest BCUT2D eigenvalue weighted by Gasteiger charge is -2.73. The second kappa shape index (κ2) is 15.4. The zero-order valence-electron chi connectivity index (χ0n) is 38.3. The predicted molar refractivity (Wildman–Crippen MR) is 225 cm³/mol. The summed E-state index contributed by atoms with van der Waals surface area (Å²) in [4.78, 5) is 55.7. The molecule has 11 atom stereocenters. The van der Waals surface area contributed by atoms with Gasteiger partial charge in [-0.25, -0.2) is 4.79 Å². The summed E-state index contributed by atoms with van der Waals surface area (Å²) in [5.74, 6) is 1.06. The Morgan fingerprint density at radius 1 is 0.879 bits per heavy atom. The Hall–Kier alpha value is -2.62. The number of carboxylic acid groups (broad SMARTS) is 1. The third kappa shape index (κ3) is 7.76. The second-order valence-corrected chi connectivity index (χ2v) is 23.1. The molecule has 1 heterocycles. The van der Waals surface area contributed by atoms with Crippen LogP contribution in [0.4, 0.5) is 4.79 Å². The van der Waals surface area contributed by atoms with Crippen LogP contribution in [0.2, 0.25) is 0 Å². The summed E-state index contributed by atoms with van der Waals surface area (Å²) >= 11 is 0. The van der Waals surface area contributed by atoms with Gasteiger partial charge in [0.1, 0.15) is 11.7 Å². The minimum absolute atomic E-state index is 0.0570. The number of carbonyl (C=O) groups is 4. The highest BCUT2D eigenvalue weighted by Gasteiger charge is 2.71. The molecule has 6 aliphatic rings. The molecule has 1 N–H and O–H groups in total. The van der Waals surface area contributed by atoms with Gasteiger partial charge in [-0.1, -0.05) is 46.8 Å². The van der Waals surface area contributed by atoms with Crippen molar-refractivity contribution < 1.29 is 38.5 Å². The fraction of sp³-hybridized carbons (Fsp3) is 0.875. The highest BCUT2D eigenvalue weighted by atomic mass is 16.6. The standard InChI is InChI=1S/C48H78N2O8/c1-30(2)32-16-21-48(26-37(51)49(13)28-31-29-50(24-25-56-31)41(55)58-42(3,4)5)23-22-46(11)33(39(32)48)14-15-35-45(10)19-18-36(57-38(52)27-43(6,7)40(53)54)44(8,9)34(45)17-20-47(35,46)12/h31-36,39H,1,14-29H2,2-13H3,(H,53,54)/t31?,32-,33+,34-,35+,36-,39+,45-,46+,47+,48+/m0/s1. The minimum Gasteiger partial charge on any atom is -0.481 e. The van der Waals surface area contributed by atoms with E-state index in [-0.39, 0.29) is 57.7 Å². The third-order valence-electron chi connectivity index (χ3n) is 17.8. The predicted octanol–water partition coefficient (Wildman–Crippen LogP) is 9.54. The van der Waals surface area contributed by atoms with Crippen LogP contribution in [0.5, 0.6) is 0 Å². The maximum absolute atomic E-state index is 14.4. The van der Waals surface area contributed by atoms with E-state index in [0.29, 0.717) is 62.3 Å². The molecule has 1 saturated heterocycles. The van der Waals surface area contributed by atoms with Gasteiger partial charge in [0, 0.05) is 32.0 Å². The van der Waals surface area contributed by atoms with Crippen LogP contribution >= 0.6 is 0 Å². The summed E-state index contributed by atoms with van der Waals surface area (Å²) in [5.41, 5.74) is -0.384. The first-order valence-electron chi connectivity index (χ1n) is 22.6. The van der Waals surface area contributed by atoms with E-state index in [2.05, 4.69) is 48.1 Å². The van der Waals surface area contributed by atoms with Gasteiger partial charge in [-0.2, -0.15) is 0 Å². The quantitative estimate of drug-likeness (QED) is 0.181. The lowest BCUT2D eigenvalue weighted by atomic mass is 9.32. The van der Waals surface area contributed by atoms with Crippen LogP contribution in [-0.2, 0) is 28.6 Å². The zero-order chi connectivity index (χ0) is 43.0. The number of rotatable bonds is 9. The van der Waals surface area contributed by atoms with E-state index >= 15 is 0 Å². The number of hydrogen-bond acceptors (Lipinski definition) is 7. The monoisotopic (exact) mass is 811 g/mol. The van der Waals surface area contributed by atoms with Crippen molar-refractivity contribution in [2.75, 3.05) is 33.3 Å². The van der Waals surface area contributed by atoms with Gasteiger partial charge in [0.15, 0.2) is 0 Å². The lowest BCUT2D eigenvalue weighted by Crippen LogP contribution is -2.67. The van der Waals surface area contributed by atoms with Gasteiger partial charge in [0.25, 0.3) is 0 Å². The molecule has 0 aromatic heterocycles. The maximum Gasteiger partial charge on any atom is 0.410 e. The molecule has 328 valence electrons. The molecule has 58 heavy (non-hydrogen) atoms. The average Bonchev–Trinajstić information content (AvgIpc) is 3.48. The number of hydrogen-bond donors (Lipinski definition) is 1. The summed E-state index contributed by atoms with van der Waals surface area (Å²) in [6.45, 7) is 29.7. The molecule has 0 radical (unpaired) electrons. The number of allylic oxidation sites excluding steroid dienone is 1. The molecule has 5 aliphatic carbocycles. The number of nitrogens with zero attached hydrogens (tertiary/aromatic N) is 2. The van der Waals surface area contributed by atoms with Crippen molar-refractivity contribution >= 4 is 23.9 Å². The van der Waals surface area contributed by atoms with E-state index in [4.69, 9.17) is 14.2 Å². The van der Waals surface area contributed by atoms with Crippen LogP contribution in [0.15, 0.2) is 12.2 Å². The maximum atomic E-state index is 14.4. The summed E-state index contributed by atoms with van der Waals surface area (Å²) in [5, 5.41) is 9.65. The molecule has 10 heteroatoms. The Balaban J connectivity index is 1.18. The van der Waals surface area contributed by atoms with Crippen molar-refractivity contribution in [3.8, 4) is 0 Å². The van der Waals surface area contributed by atoms with Crippen LogP contribution in [0.1, 0.15) is 153 Å². The van der Waals surface area contributed by atoms with Crippen molar-refractivity contribution in [3.05, 3.63) is 12.2 Å². The Morgan fingerprint density at radius 3 is 2.21 bits per heavy atom. The van der Waals surface area contributed by atoms with Crippen molar-refractivity contribution in [1.82, 2.24) is 9.80 Å². The summed E-state index contributed by atoms with van der Waals surface area (Å²) in [6.07, 6.45) is 10.3. The number of ether oxygens (including phenoxy) is 3. The summed E-state index contributed by atoms with van der Waals surface area (Å²) < 4.78 is 17.9. The number of aliphatic carboxylic acids is 1. The zero-order valence-corrected chi connectivity index (χ0v) is 38.3.